The minimum Gasteiger partial charge on any atom is -0.478 e. The van der Waals surface area contributed by atoms with Gasteiger partial charge in [-0.05, 0) is 82.7 Å². The van der Waals surface area contributed by atoms with Gasteiger partial charge in [0.15, 0.2) is 0 Å². The lowest BCUT2D eigenvalue weighted by molar-refractivity contribution is 0.0697. The van der Waals surface area contributed by atoms with Gasteiger partial charge in [0.2, 0.25) is 0 Å². The summed E-state index contributed by atoms with van der Waals surface area (Å²) in [4.78, 5) is 16.2. The van der Waals surface area contributed by atoms with E-state index < -0.39 is 5.97 Å². The quantitative estimate of drug-likeness (QED) is 0.586. The van der Waals surface area contributed by atoms with E-state index in [2.05, 4.69) is 53.3 Å². The molecule has 2 aromatic rings. The smallest absolute Gasteiger partial charge is 0.335 e. The molecular formula is C27H33NO2. The summed E-state index contributed by atoms with van der Waals surface area (Å²) in [5.74, 6) is -0.329. The van der Waals surface area contributed by atoms with E-state index in [0.717, 1.165) is 42.5 Å². The molecular weight excluding hydrogens is 370 g/mol. The van der Waals surface area contributed by atoms with Gasteiger partial charge >= 0.3 is 5.97 Å². The van der Waals surface area contributed by atoms with Crippen molar-refractivity contribution in [2.45, 2.75) is 59.3 Å². The van der Waals surface area contributed by atoms with E-state index in [1.807, 2.05) is 12.1 Å². The van der Waals surface area contributed by atoms with Gasteiger partial charge in [-0.15, -0.1) is 0 Å². The zero-order valence-electron chi connectivity index (χ0n) is 18.9. The Balaban J connectivity index is 2.05. The van der Waals surface area contributed by atoms with Gasteiger partial charge in [-0.3, -0.25) is 4.99 Å². The number of benzene rings is 2. The van der Waals surface area contributed by atoms with Gasteiger partial charge in [0.05, 0.1) is 5.56 Å². The summed E-state index contributed by atoms with van der Waals surface area (Å²) >= 11 is 0. The molecule has 0 radical (unpaired) electrons. The maximum absolute atomic E-state index is 11.2. The van der Waals surface area contributed by atoms with Crippen LogP contribution < -0.4 is 0 Å². The minimum absolute atomic E-state index is 0.123. The van der Waals surface area contributed by atoms with Crippen LogP contribution in [0.15, 0.2) is 48.0 Å². The van der Waals surface area contributed by atoms with Crippen molar-refractivity contribution < 1.29 is 9.90 Å². The Morgan fingerprint density at radius 2 is 1.83 bits per heavy atom. The third-order valence-corrected chi connectivity index (χ3v) is 6.49. The van der Waals surface area contributed by atoms with Crippen molar-refractivity contribution >= 4 is 17.3 Å². The fraction of sp³-hybridized carbons (Fsp3) is 0.407. The molecule has 0 heterocycles. The fourth-order valence-electron chi connectivity index (χ4n) is 4.06. The average molecular weight is 404 g/mol. The Morgan fingerprint density at radius 1 is 1.20 bits per heavy atom. The van der Waals surface area contributed by atoms with Crippen molar-refractivity contribution in [3.05, 3.63) is 76.4 Å². The van der Waals surface area contributed by atoms with Crippen LogP contribution in [0, 0.1) is 12.8 Å². The molecule has 0 aliphatic heterocycles. The molecule has 1 atom stereocenters. The number of nitrogens with zero attached hydrogens (tertiary/aromatic N) is 1. The van der Waals surface area contributed by atoms with Crippen molar-refractivity contribution in [3.63, 3.8) is 0 Å². The van der Waals surface area contributed by atoms with Gasteiger partial charge in [-0.1, -0.05) is 58.9 Å². The lowest BCUT2D eigenvalue weighted by atomic mass is 9.70. The minimum atomic E-state index is -0.915. The Morgan fingerprint density at radius 3 is 2.43 bits per heavy atom. The number of fused-ring (bicyclic) bond motifs is 1. The predicted octanol–water partition coefficient (Wildman–Crippen LogP) is 6.66. The lowest BCUT2D eigenvalue weighted by Gasteiger charge is -2.34. The van der Waals surface area contributed by atoms with E-state index in [1.54, 1.807) is 12.1 Å². The number of carbonyl (C=O) groups is 1. The first-order valence-corrected chi connectivity index (χ1v) is 10.9. The van der Waals surface area contributed by atoms with Crippen LogP contribution in [0.5, 0.6) is 0 Å². The van der Waals surface area contributed by atoms with E-state index in [9.17, 15) is 4.79 Å². The number of aryl methyl sites for hydroxylation is 1. The van der Waals surface area contributed by atoms with Gasteiger partial charge < -0.3 is 5.11 Å². The normalized spacial score (nSPS) is 17.4. The molecule has 3 heteroatoms. The molecule has 0 bridgehead atoms. The molecule has 0 spiro atoms. The van der Waals surface area contributed by atoms with E-state index in [4.69, 9.17) is 10.1 Å². The standard InChI is InChI=1S/C27H33NO2/c1-7-17(2)16-28-25-12-13-27(5,6)24-14-18(3)22(15-23(24)25)19(4)20-8-10-21(11-9-20)26(29)30/h8-11,14-15,17H,4,7,12-13,16H2,1-3,5-6H3,(H,29,30). The van der Waals surface area contributed by atoms with Crippen LogP contribution in [0.4, 0.5) is 0 Å². The lowest BCUT2D eigenvalue weighted by Crippen LogP contribution is -2.28. The van der Waals surface area contributed by atoms with Crippen molar-refractivity contribution in [3.8, 4) is 0 Å². The van der Waals surface area contributed by atoms with Crippen LogP contribution in [0.2, 0.25) is 0 Å². The summed E-state index contributed by atoms with van der Waals surface area (Å²) in [6.07, 6.45) is 3.24. The topological polar surface area (TPSA) is 49.7 Å². The summed E-state index contributed by atoms with van der Waals surface area (Å²) in [5.41, 5.74) is 8.38. The van der Waals surface area contributed by atoms with Crippen LogP contribution in [0.25, 0.3) is 5.57 Å². The number of carboxylic acids is 1. The second-order valence-electron chi connectivity index (χ2n) is 9.26. The second-order valence-corrected chi connectivity index (χ2v) is 9.26. The monoisotopic (exact) mass is 403 g/mol. The summed E-state index contributed by atoms with van der Waals surface area (Å²) in [6, 6.07) is 11.5. The van der Waals surface area contributed by atoms with Crippen LogP contribution in [-0.2, 0) is 5.41 Å². The first-order valence-electron chi connectivity index (χ1n) is 10.9. The molecule has 1 aliphatic carbocycles. The molecule has 0 saturated carbocycles. The highest BCUT2D eigenvalue weighted by molar-refractivity contribution is 6.04. The van der Waals surface area contributed by atoms with Crippen LogP contribution in [0.1, 0.15) is 85.1 Å². The summed E-state index contributed by atoms with van der Waals surface area (Å²) in [6.45, 7) is 16.4. The molecule has 3 nitrogen and oxygen atoms in total. The summed E-state index contributed by atoms with van der Waals surface area (Å²) < 4.78 is 0. The number of carboxylic acid groups (broad SMARTS) is 1. The summed E-state index contributed by atoms with van der Waals surface area (Å²) in [7, 11) is 0. The zero-order chi connectivity index (χ0) is 22.1. The fourth-order valence-corrected chi connectivity index (χ4v) is 4.06. The van der Waals surface area contributed by atoms with Gasteiger partial charge in [0.25, 0.3) is 0 Å². The molecule has 0 amide bonds. The second kappa shape index (κ2) is 8.59. The van der Waals surface area contributed by atoms with Crippen molar-refractivity contribution in [1.29, 1.82) is 0 Å². The van der Waals surface area contributed by atoms with Crippen molar-refractivity contribution in [2.24, 2.45) is 10.9 Å². The molecule has 158 valence electrons. The van der Waals surface area contributed by atoms with Gasteiger partial charge in [0, 0.05) is 12.3 Å². The highest BCUT2D eigenvalue weighted by atomic mass is 16.4. The number of hydrogen-bond donors (Lipinski definition) is 1. The molecule has 0 fully saturated rings. The van der Waals surface area contributed by atoms with Crippen molar-refractivity contribution in [1.82, 2.24) is 0 Å². The Bertz CT molecular complexity index is 996. The first kappa shape index (κ1) is 22.0. The van der Waals surface area contributed by atoms with Gasteiger partial charge in [-0.25, -0.2) is 4.79 Å². The summed E-state index contributed by atoms with van der Waals surface area (Å²) in [5, 5.41) is 9.16. The predicted molar refractivity (Wildman–Crippen MR) is 126 cm³/mol. The maximum atomic E-state index is 11.2. The zero-order valence-corrected chi connectivity index (χ0v) is 18.9. The molecule has 0 aromatic heterocycles. The van der Waals surface area contributed by atoms with Gasteiger partial charge in [-0.2, -0.15) is 0 Å². The third kappa shape index (κ3) is 4.40. The molecule has 1 unspecified atom stereocenters. The maximum Gasteiger partial charge on any atom is 0.335 e. The number of aliphatic imine (C=N–C) groups is 1. The van der Waals surface area contributed by atoms with Crippen LogP contribution in [0.3, 0.4) is 0 Å². The molecule has 30 heavy (non-hydrogen) atoms. The molecule has 2 aromatic carbocycles. The number of rotatable bonds is 6. The van der Waals surface area contributed by atoms with Crippen molar-refractivity contribution in [2.75, 3.05) is 6.54 Å². The Hall–Kier alpha value is -2.68. The third-order valence-electron chi connectivity index (χ3n) is 6.49. The Labute approximate surface area is 180 Å². The van der Waals surface area contributed by atoms with E-state index in [0.29, 0.717) is 5.92 Å². The molecule has 1 N–H and O–H groups in total. The number of hydrogen-bond acceptors (Lipinski definition) is 2. The average Bonchev–Trinajstić information content (AvgIpc) is 2.72. The highest BCUT2D eigenvalue weighted by Gasteiger charge is 2.31. The van der Waals surface area contributed by atoms with E-state index in [-0.39, 0.29) is 11.0 Å². The van der Waals surface area contributed by atoms with Crippen LogP contribution >= 0.6 is 0 Å². The Kier molecular flexibility index (Phi) is 6.30. The largest absolute Gasteiger partial charge is 0.478 e. The van der Waals surface area contributed by atoms with Crippen LogP contribution in [-0.4, -0.2) is 23.3 Å². The SMILES string of the molecule is C=C(c1ccc(C(=O)O)cc1)c1cc2c(cc1C)C(C)(C)CCC2=NCC(C)CC. The van der Waals surface area contributed by atoms with Gasteiger partial charge in [0.1, 0.15) is 0 Å². The first-order chi connectivity index (χ1) is 14.1. The highest BCUT2D eigenvalue weighted by Crippen LogP contribution is 2.40. The van der Waals surface area contributed by atoms with E-state index in [1.165, 1.54) is 22.4 Å². The number of aromatic carboxylic acids is 1. The molecule has 1 aliphatic rings. The molecule has 3 rings (SSSR count). The van der Waals surface area contributed by atoms with E-state index >= 15 is 0 Å². The molecule has 0 saturated heterocycles.